The molecule has 7 nitrogen and oxygen atoms in total. The number of aromatic nitrogens is 5. The molecule has 1 aliphatic rings. The second-order valence-electron chi connectivity index (χ2n) is 5.23. The van der Waals surface area contributed by atoms with E-state index in [0.717, 1.165) is 24.4 Å². The van der Waals surface area contributed by atoms with Crippen molar-refractivity contribution in [2.45, 2.75) is 6.54 Å². The van der Waals surface area contributed by atoms with Crippen LogP contribution in [0, 0.1) is 5.92 Å². The summed E-state index contributed by atoms with van der Waals surface area (Å²) in [5.74, 6) is 1.36. The van der Waals surface area contributed by atoms with Gasteiger partial charge in [-0.3, -0.25) is 4.79 Å². The van der Waals surface area contributed by atoms with E-state index in [1.807, 2.05) is 16.8 Å². The van der Waals surface area contributed by atoms with Gasteiger partial charge in [0.25, 0.3) is 5.56 Å². The van der Waals surface area contributed by atoms with Crippen LogP contribution in [0.4, 0.5) is 5.82 Å². The summed E-state index contributed by atoms with van der Waals surface area (Å²) in [5, 5.41) is 8.31. The van der Waals surface area contributed by atoms with E-state index in [-0.39, 0.29) is 5.56 Å². The van der Waals surface area contributed by atoms with Crippen LogP contribution in [0.1, 0.15) is 0 Å². The van der Waals surface area contributed by atoms with Crippen molar-refractivity contribution in [3.8, 4) is 0 Å². The third-order valence-corrected chi connectivity index (χ3v) is 3.78. The van der Waals surface area contributed by atoms with Crippen LogP contribution in [0.15, 0.2) is 47.8 Å². The first-order chi connectivity index (χ1) is 10.3. The Morgan fingerprint density at radius 3 is 2.90 bits per heavy atom. The number of nitrogens with zero attached hydrogens (tertiary/aromatic N) is 6. The Labute approximate surface area is 120 Å². The molecule has 3 aromatic heterocycles. The minimum Gasteiger partial charge on any atom is -0.354 e. The maximum Gasteiger partial charge on any atom is 0.266 e. The smallest absolute Gasteiger partial charge is 0.266 e. The fourth-order valence-electron chi connectivity index (χ4n) is 2.71. The van der Waals surface area contributed by atoms with E-state index in [4.69, 9.17) is 0 Å². The van der Waals surface area contributed by atoms with E-state index in [0.29, 0.717) is 12.5 Å². The van der Waals surface area contributed by atoms with Gasteiger partial charge in [0.05, 0.1) is 12.7 Å². The van der Waals surface area contributed by atoms with Crippen molar-refractivity contribution in [3.63, 3.8) is 0 Å². The Kier molecular flexibility index (Phi) is 2.70. The van der Waals surface area contributed by atoms with Gasteiger partial charge in [0, 0.05) is 43.7 Å². The van der Waals surface area contributed by atoms with Gasteiger partial charge in [0.1, 0.15) is 5.52 Å². The van der Waals surface area contributed by atoms with Crippen molar-refractivity contribution < 1.29 is 0 Å². The van der Waals surface area contributed by atoms with Gasteiger partial charge in [-0.15, -0.1) is 0 Å². The van der Waals surface area contributed by atoms with E-state index in [1.165, 1.54) is 10.7 Å². The van der Waals surface area contributed by atoms with Crippen LogP contribution in [0.3, 0.4) is 0 Å². The summed E-state index contributed by atoms with van der Waals surface area (Å²) in [4.78, 5) is 18.3. The third-order valence-electron chi connectivity index (χ3n) is 3.78. The summed E-state index contributed by atoms with van der Waals surface area (Å²) in [6.45, 7) is 2.40. The molecular weight excluding hydrogens is 268 g/mol. The van der Waals surface area contributed by atoms with Crippen molar-refractivity contribution in [2.24, 2.45) is 5.92 Å². The van der Waals surface area contributed by atoms with Crippen molar-refractivity contribution >= 4 is 11.3 Å². The fraction of sp³-hybridized carbons (Fsp3) is 0.286. The number of rotatable bonds is 3. The Hall–Kier alpha value is -2.70. The first kappa shape index (κ1) is 12.1. The highest BCUT2D eigenvalue weighted by Crippen LogP contribution is 2.26. The van der Waals surface area contributed by atoms with Gasteiger partial charge in [-0.05, 0) is 12.1 Å². The molecule has 21 heavy (non-hydrogen) atoms. The quantitative estimate of drug-likeness (QED) is 0.696. The van der Waals surface area contributed by atoms with Crippen LogP contribution < -0.4 is 10.5 Å². The highest BCUT2D eigenvalue weighted by Gasteiger charge is 2.29. The average molecular weight is 282 g/mol. The topological polar surface area (TPSA) is 68.3 Å². The average Bonchev–Trinajstić information content (AvgIpc) is 2.93. The molecule has 4 heterocycles. The van der Waals surface area contributed by atoms with Gasteiger partial charge in [0.15, 0.2) is 5.82 Å². The molecule has 0 bridgehead atoms. The van der Waals surface area contributed by atoms with Crippen molar-refractivity contribution in [2.75, 3.05) is 18.0 Å². The molecule has 4 rings (SSSR count). The Morgan fingerprint density at radius 2 is 2.05 bits per heavy atom. The van der Waals surface area contributed by atoms with Crippen LogP contribution in [0.25, 0.3) is 5.52 Å². The first-order valence-electron chi connectivity index (χ1n) is 6.87. The molecule has 0 unspecified atom stereocenters. The summed E-state index contributed by atoms with van der Waals surface area (Å²) in [7, 11) is 0. The minimum atomic E-state index is -0.0491. The molecule has 106 valence electrons. The molecule has 1 fully saturated rings. The zero-order valence-electron chi connectivity index (χ0n) is 11.3. The lowest BCUT2D eigenvalue weighted by atomic mass is 10.0. The molecule has 7 heteroatoms. The van der Waals surface area contributed by atoms with Crippen molar-refractivity contribution in [1.29, 1.82) is 0 Å². The lowest BCUT2D eigenvalue weighted by Crippen LogP contribution is -2.50. The normalized spacial score (nSPS) is 15.3. The predicted octanol–water partition coefficient (Wildman–Crippen LogP) is 0.422. The number of anilines is 1. The molecule has 0 saturated carbocycles. The minimum absolute atomic E-state index is 0.0491. The fourth-order valence-corrected chi connectivity index (χ4v) is 2.71. The maximum atomic E-state index is 11.6. The molecule has 0 aliphatic carbocycles. The largest absolute Gasteiger partial charge is 0.354 e. The molecule has 1 saturated heterocycles. The molecule has 3 aromatic rings. The van der Waals surface area contributed by atoms with Gasteiger partial charge in [-0.25, -0.2) is 14.2 Å². The van der Waals surface area contributed by atoms with E-state index < -0.39 is 0 Å². The summed E-state index contributed by atoms with van der Waals surface area (Å²) in [6.07, 6.45) is 7.01. The maximum absolute atomic E-state index is 11.6. The van der Waals surface area contributed by atoms with E-state index >= 15 is 0 Å². The summed E-state index contributed by atoms with van der Waals surface area (Å²) >= 11 is 0. The van der Waals surface area contributed by atoms with Gasteiger partial charge >= 0.3 is 0 Å². The second kappa shape index (κ2) is 4.69. The molecule has 0 amide bonds. The lowest BCUT2D eigenvalue weighted by Gasteiger charge is -2.40. The molecule has 0 aromatic carbocycles. The number of hydrogen-bond acceptors (Lipinski definition) is 5. The zero-order chi connectivity index (χ0) is 14.2. The van der Waals surface area contributed by atoms with E-state index in [1.54, 1.807) is 24.7 Å². The SMILES string of the molecule is O=c1cccnn1CC1CN(c2nccn3nccc23)C1. The molecule has 0 spiro atoms. The molecule has 0 atom stereocenters. The van der Waals surface area contributed by atoms with Crippen LogP contribution in [-0.4, -0.2) is 37.5 Å². The second-order valence-corrected chi connectivity index (χ2v) is 5.23. The monoisotopic (exact) mass is 282 g/mol. The van der Waals surface area contributed by atoms with Crippen molar-refractivity contribution in [3.05, 3.63) is 53.3 Å². The van der Waals surface area contributed by atoms with E-state index in [2.05, 4.69) is 20.1 Å². The van der Waals surface area contributed by atoms with Gasteiger partial charge in [-0.1, -0.05) is 0 Å². The predicted molar refractivity (Wildman–Crippen MR) is 77.2 cm³/mol. The number of hydrogen-bond donors (Lipinski definition) is 0. The highest BCUT2D eigenvalue weighted by atomic mass is 16.1. The standard InChI is InChI=1S/C14H14N6O/c21-13-2-1-4-16-20(13)10-11-8-18(9-11)14-12-3-5-17-19(12)7-6-15-14/h1-7,11H,8-10H2. The first-order valence-corrected chi connectivity index (χ1v) is 6.87. The molecular formula is C14H14N6O. The van der Waals surface area contributed by atoms with Crippen LogP contribution in [0.5, 0.6) is 0 Å². The molecule has 0 N–H and O–H groups in total. The van der Waals surface area contributed by atoms with Crippen LogP contribution in [0.2, 0.25) is 0 Å². The molecule has 0 radical (unpaired) electrons. The lowest BCUT2D eigenvalue weighted by molar-refractivity contribution is 0.333. The Bertz CT molecular complexity index is 832. The Balaban J connectivity index is 1.49. The molecule has 1 aliphatic heterocycles. The van der Waals surface area contributed by atoms with Crippen molar-refractivity contribution in [1.82, 2.24) is 24.4 Å². The summed E-state index contributed by atoms with van der Waals surface area (Å²) < 4.78 is 3.34. The summed E-state index contributed by atoms with van der Waals surface area (Å²) in [5.41, 5.74) is 0.956. The summed E-state index contributed by atoms with van der Waals surface area (Å²) in [6, 6.07) is 5.16. The number of fused-ring (bicyclic) bond motifs is 1. The zero-order valence-corrected chi connectivity index (χ0v) is 11.3. The van der Waals surface area contributed by atoms with Gasteiger partial charge in [0.2, 0.25) is 0 Å². The Morgan fingerprint density at radius 1 is 1.14 bits per heavy atom. The third kappa shape index (κ3) is 2.06. The van der Waals surface area contributed by atoms with Crippen LogP contribution in [-0.2, 0) is 6.54 Å². The van der Waals surface area contributed by atoms with Gasteiger partial charge < -0.3 is 4.90 Å². The van der Waals surface area contributed by atoms with E-state index in [9.17, 15) is 4.79 Å². The highest BCUT2D eigenvalue weighted by molar-refractivity contribution is 5.69. The van der Waals surface area contributed by atoms with Crippen LogP contribution >= 0.6 is 0 Å². The van der Waals surface area contributed by atoms with Gasteiger partial charge in [-0.2, -0.15) is 10.2 Å².